The molecule has 0 radical (unpaired) electrons. The Morgan fingerprint density at radius 3 is 1.70 bits per heavy atom. The Hall–Kier alpha value is -1.50. The minimum atomic E-state index is -1.75. The number of esters is 2. The van der Waals surface area contributed by atoms with Gasteiger partial charge in [-0.15, -0.1) is 0 Å². The van der Waals surface area contributed by atoms with E-state index in [4.69, 9.17) is 28.4 Å². The number of aliphatic hydroxyl groups excluding tert-OH is 7. The van der Waals surface area contributed by atoms with Crippen LogP contribution in [-0.2, 0) is 38.0 Å². The first-order valence-corrected chi connectivity index (χ1v) is 17.1. The van der Waals surface area contributed by atoms with Crippen LogP contribution in [0.4, 0.5) is 0 Å². The van der Waals surface area contributed by atoms with Crippen LogP contribution in [0.2, 0.25) is 0 Å². The Labute approximate surface area is 277 Å². The second-order valence-corrected chi connectivity index (χ2v) is 12.4. The van der Waals surface area contributed by atoms with Gasteiger partial charge in [0.1, 0.15) is 55.4 Å². The molecule has 2 saturated heterocycles. The van der Waals surface area contributed by atoms with Crippen LogP contribution in [0.15, 0.2) is 0 Å². The van der Waals surface area contributed by atoms with E-state index >= 15 is 0 Å². The molecule has 0 unspecified atom stereocenters. The lowest BCUT2D eigenvalue weighted by atomic mass is 9.98. The summed E-state index contributed by atoms with van der Waals surface area (Å²) in [6.07, 6.45) is -5.16. The Kier molecular flexibility index (Phi) is 20.4. The summed E-state index contributed by atoms with van der Waals surface area (Å²) < 4.78 is 32.8. The molecule has 276 valence electrons. The summed E-state index contributed by atoms with van der Waals surface area (Å²) >= 11 is 0. The minimum absolute atomic E-state index is 0.143. The third kappa shape index (κ3) is 14.5. The van der Waals surface area contributed by atoms with Gasteiger partial charge in [0.05, 0.1) is 19.8 Å². The SMILES string of the molecule is CCCCCCCCCCCC(=O)OC[C@H](CO[C@@H]1O[C@@H](CO[C@H]2O[C@@H](CO)[C@H](O)[C@H](O)[C@H]2O)[C@H](O)[C@H](O)[C@@H]1O)OC(=O)CCCC. The van der Waals surface area contributed by atoms with Crippen LogP contribution in [0, 0.1) is 0 Å². The van der Waals surface area contributed by atoms with E-state index < -0.39 is 92.7 Å². The molecule has 0 aromatic carbocycles. The third-order valence-electron chi connectivity index (χ3n) is 8.34. The fourth-order valence-electron chi connectivity index (χ4n) is 5.31. The lowest BCUT2D eigenvalue weighted by molar-refractivity contribution is -0.332. The summed E-state index contributed by atoms with van der Waals surface area (Å²) in [7, 11) is 0. The second kappa shape index (κ2) is 23.0. The minimum Gasteiger partial charge on any atom is -0.462 e. The summed E-state index contributed by atoms with van der Waals surface area (Å²) in [5, 5.41) is 70.9. The molecule has 0 aromatic heterocycles. The molecule has 11 atom stereocenters. The van der Waals surface area contributed by atoms with E-state index in [0.717, 1.165) is 25.7 Å². The Balaban J connectivity index is 1.88. The van der Waals surface area contributed by atoms with E-state index in [9.17, 15) is 45.3 Å². The summed E-state index contributed by atoms with van der Waals surface area (Å²) in [5.41, 5.74) is 0. The highest BCUT2D eigenvalue weighted by molar-refractivity contribution is 5.70. The van der Waals surface area contributed by atoms with Gasteiger partial charge < -0.3 is 64.2 Å². The molecule has 2 rings (SSSR count). The van der Waals surface area contributed by atoms with Crippen LogP contribution in [0.3, 0.4) is 0 Å². The number of ether oxygens (including phenoxy) is 6. The lowest BCUT2D eigenvalue weighted by Crippen LogP contribution is -2.61. The van der Waals surface area contributed by atoms with Crippen LogP contribution < -0.4 is 0 Å². The van der Waals surface area contributed by atoms with Crippen molar-refractivity contribution >= 4 is 11.9 Å². The Morgan fingerprint density at radius 2 is 1.11 bits per heavy atom. The van der Waals surface area contributed by atoms with Gasteiger partial charge in [0.25, 0.3) is 0 Å². The normalized spacial score (nSPS) is 31.8. The topological polar surface area (TPSA) is 231 Å². The van der Waals surface area contributed by atoms with E-state index in [2.05, 4.69) is 6.92 Å². The lowest BCUT2D eigenvalue weighted by Gasteiger charge is -2.42. The van der Waals surface area contributed by atoms with Crippen LogP contribution >= 0.6 is 0 Å². The molecular weight excluding hydrogens is 624 g/mol. The van der Waals surface area contributed by atoms with Gasteiger partial charge in [0.15, 0.2) is 18.7 Å². The van der Waals surface area contributed by atoms with Crippen molar-refractivity contribution in [3.63, 3.8) is 0 Å². The number of carbonyl (C=O) groups excluding carboxylic acids is 2. The molecule has 2 heterocycles. The van der Waals surface area contributed by atoms with E-state index in [0.29, 0.717) is 12.8 Å². The highest BCUT2D eigenvalue weighted by atomic mass is 16.7. The number of carbonyl (C=O) groups is 2. The summed E-state index contributed by atoms with van der Waals surface area (Å²) in [5.74, 6) is -0.970. The maximum atomic E-state index is 12.4. The molecule has 0 aromatic rings. The predicted molar refractivity (Wildman–Crippen MR) is 165 cm³/mol. The molecular formula is C32H58O15. The first-order valence-electron chi connectivity index (χ1n) is 17.1. The smallest absolute Gasteiger partial charge is 0.306 e. The van der Waals surface area contributed by atoms with Crippen LogP contribution in [0.5, 0.6) is 0 Å². The molecule has 2 aliphatic heterocycles. The fourth-order valence-corrected chi connectivity index (χ4v) is 5.31. The van der Waals surface area contributed by atoms with Crippen LogP contribution in [0.1, 0.15) is 97.3 Å². The largest absolute Gasteiger partial charge is 0.462 e. The van der Waals surface area contributed by atoms with Gasteiger partial charge in [0.2, 0.25) is 0 Å². The predicted octanol–water partition coefficient (Wildman–Crippen LogP) is 0.193. The molecule has 2 fully saturated rings. The number of hydrogen-bond donors (Lipinski definition) is 7. The average molecular weight is 683 g/mol. The number of unbranched alkanes of at least 4 members (excludes halogenated alkanes) is 9. The van der Waals surface area contributed by atoms with Gasteiger partial charge in [-0.05, 0) is 12.8 Å². The van der Waals surface area contributed by atoms with Crippen LogP contribution in [0.25, 0.3) is 0 Å². The van der Waals surface area contributed by atoms with E-state index in [1.807, 2.05) is 6.92 Å². The Bertz CT molecular complexity index is 860. The molecule has 0 saturated carbocycles. The highest BCUT2D eigenvalue weighted by Crippen LogP contribution is 2.26. The zero-order chi connectivity index (χ0) is 34.8. The zero-order valence-electron chi connectivity index (χ0n) is 27.8. The molecule has 0 bridgehead atoms. The number of rotatable bonds is 23. The van der Waals surface area contributed by atoms with Gasteiger partial charge >= 0.3 is 11.9 Å². The molecule has 0 spiro atoms. The highest BCUT2D eigenvalue weighted by Gasteiger charge is 2.47. The van der Waals surface area contributed by atoms with Gasteiger partial charge in [-0.3, -0.25) is 9.59 Å². The quantitative estimate of drug-likeness (QED) is 0.0563. The molecule has 15 heteroatoms. The zero-order valence-corrected chi connectivity index (χ0v) is 27.8. The van der Waals surface area contributed by atoms with Crippen molar-refractivity contribution in [3.05, 3.63) is 0 Å². The van der Waals surface area contributed by atoms with Crippen molar-refractivity contribution in [2.75, 3.05) is 26.4 Å². The molecule has 0 amide bonds. The van der Waals surface area contributed by atoms with Crippen molar-refractivity contribution in [2.45, 2.75) is 165 Å². The number of aliphatic hydroxyl groups is 7. The van der Waals surface area contributed by atoms with Gasteiger partial charge in [-0.1, -0.05) is 71.6 Å². The molecule has 0 aliphatic carbocycles. The van der Waals surface area contributed by atoms with Crippen molar-refractivity contribution < 1.29 is 73.8 Å². The first kappa shape index (κ1) is 41.7. The fraction of sp³-hybridized carbons (Fsp3) is 0.938. The maximum absolute atomic E-state index is 12.4. The maximum Gasteiger partial charge on any atom is 0.306 e. The molecule has 7 N–H and O–H groups in total. The molecule has 15 nitrogen and oxygen atoms in total. The monoisotopic (exact) mass is 682 g/mol. The standard InChI is InChI=1S/C32H58O15/c1-3-5-7-8-9-10-11-12-13-15-23(34)42-17-20(45-24(35)14-6-4-2)18-43-31-30(41)28(39)26(37)22(47-31)19-44-32-29(40)27(38)25(36)21(16-33)46-32/h20-22,25-33,36-41H,3-19H2,1-2H3/t20-,21+,22+,25+,26+,27+,28+,29-,30+,31-,32+/m1/s1. The average Bonchev–Trinajstić information content (AvgIpc) is 3.06. The Morgan fingerprint density at radius 1 is 0.596 bits per heavy atom. The molecule has 2 aliphatic rings. The summed E-state index contributed by atoms with van der Waals surface area (Å²) in [6.45, 7) is 2.22. The van der Waals surface area contributed by atoms with Gasteiger partial charge in [-0.25, -0.2) is 0 Å². The first-order chi connectivity index (χ1) is 22.5. The van der Waals surface area contributed by atoms with E-state index in [1.54, 1.807) is 0 Å². The number of hydrogen-bond acceptors (Lipinski definition) is 15. The molecule has 47 heavy (non-hydrogen) atoms. The van der Waals surface area contributed by atoms with Gasteiger partial charge in [-0.2, -0.15) is 0 Å². The summed E-state index contributed by atoms with van der Waals surface area (Å²) in [6, 6.07) is 0. The second-order valence-electron chi connectivity index (χ2n) is 12.4. The van der Waals surface area contributed by atoms with Crippen molar-refractivity contribution in [2.24, 2.45) is 0 Å². The van der Waals surface area contributed by atoms with Crippen molar-refractivity contribution in [3.8, 4) is 0 Å². The van der Waals surface area contributed by atoms with E-state index in [1.165, 1.54) is 32.1 Å². The van der Waals surface area contributed by atoms with Crippen molar-refractivity contribution in [1.82, 2.24) is 0 Å². The van der Waals surface area contributed by atoms with Crippen molar-refractivity contribution in [1.29, 1.82) is 0 Å². The van der Waals surface area contributed by atoms with Crippen LogP contribution in [-0.4, -0.2) is 142 Å². The summed E-state index contributed by atoms with van der Waals surface area (Å²) in [4.78, 5) is 24.7. The van der Waals surface area contributed by atoms with Gasteiger partial charge in [0, 0.05) is 12.8 Å². The third-order valence-corrected chi connectivity index (χ3v) is 8.34. The van der Waals surface area contributed by atoms with E-state index in [-0.39, 0.29) is 26.1 Å².